The summed E-state index contributed by atoms with van der Waals surface area (Å²) in [5.74, 6) is -0.315. The average Bonchev–Trinajstić information content (AvgIpc) is 3.30. The molecule has 3 rings (SSSR count). The lowest BCUT2D eigenvalue weighted by Crippen LogP contribution is -2.65. The maximum Gasteiger partial charge on any atom is 0.326 e. The summed E-state index contributed by atoms with van der Waals surface area (Å²) < 4.78 is 0. The molecule has 0 bridgehead atoms. The van der Waals surface area contributed by atoms with E-state index in [1.807, 2.05) is 0 Å². The smallest absolute Gasteiger partial charge is 0.326 e. The number of carboxylic acids is 1. The molecule has 2 saturated carbocycles. The van der Waals surface area contributed by atoms with Crippen molar-refractivity contribution < 1.29 is 14.7 Å². The fourth-order valence-corrected chi connectivity index (χ4v) is 4.30. The van der Waals surface area contributed by atoms with E-state index in [1.165, 1.54) is 6.42 Å². The van der Waals surface area contributed by atoms with Crippen LogP contribution in [0.1, 0.15) is 58.3 Å². The van der Waals surface area contributed by atoms with E-state index in [1.54, 1.807) is 11.8 Å². The molecule has 5 nitrogen and oxygen atoms in total. The lowest BCUT2D eigenvalue weighted by Gasteiger charge is -2.49. The quantitative estimate of drug-likeness (QED) is 0.830. The van der Waals surface area contributed by atoms with Crippen molar-refractivity contribution >= 4 is 11.9 Å². The van der Waals surface area contributed by atoms with Crippen molar-refractivity contribution in [1.29, 1.82) is 0 Å². The molecule has 0 spiro atoms. The molecule has 1 heterocycles. The predicted octanol–water partition coefficient (Wildman–Crippen LogP) is 1.75. The molecule has 1 amide bonds. The number of nitrogens with zero attached hydrogens (tertiary/aromatic N) is 1. The fraction of sp³-hybridized carbons (Fsp3) is 0.875. The highest BCUT2D eigenvalue weighted by molar-refractivity contribution is 5.90. The normalized spacial score (nSPS) is 35.7. The molecule has 1 aliphatic heterocycles. The Labute approximate surface area is 125 Å². The van der Waals surface area contributed by atoms with Crippen LogP contribution in [0.5, 0.6) is 0 Å². The molecule has 21 heavy (non-hydrogen) atoms. The van der Waals surface area contributed by atoms with Gasteiger partial charge in [-0.15, -0.1) is 0 Å². The van der Waals surface area contributed by atoms with Crippen molar-refractivity contribution in [2.24, 2.45) is 17.6 Å². The van der Waals surface area contributed by atoms with Crippen LogP contribution in [0.25, 0.3) is 0 Å². The Hall–Kier alpha value is -1.10. The lowest BCUT2D eigenvalue weighted by molar-refractivity contribution is -0.161. The Kier molecular flexibility index (Phi) is 3.72. The number of fused-ring (bicyclic) bond motifs is 1. The molecule has 3 fully saturated rings. The number of carbonyl (C=O) groups is 2. The SMILES string of the molecule is CC(N)(C(=O)N1C(C(=O)O)CCC2CCCCC21)C1CC1. The summed E-state index contributed by atoms with van der Waals surface area (Å²) in [7, 11) is 0. The molecule has 0 aromatic rings. The molecule has 3 aliphatic rings. The van der Waals surface area contributed by atoms with Gasteiger partial charge in [-0.05, 0) is 57.3 Å². The van der Waals surface area contributed by atoms with E-state index in [9.17, 15) is 14.7 Å². The zero-order valence-electron chi connectivity index (χ0n) is 12.8. The lowest BCUT2D eigenvalue weighted by atomic mass is 9.75. The summed E-state index contributed by atoms with van der Waals surface area (Å²) in [6.45, 7) is 1.79. The number of aliphatic carboxylic acids is 1. The Morgan fingerprint density at radius 1 is 1.10 bits per heavy atom. The molecule has 4 unspecified atom stereocenters. The Morgan fingerprint density at radius 2 is 1.76 bits per heavy atom. The van der Waals surface area contributed by atoms with Crippen LogP contribution in [-0.2, 0) is 9.59 Å². The van der Waals surface area contributed by atoms with Crippen molar-refractivity contribution in [1.82, 2.24) is 4.90 Å². The van der Waals surface area contributed by atoms with E-state index >= 15 is 0 Å². The third-order valence-electron chi connectivity index (χ3n) is 5.78. The van der Waals surface area contributed by atoms with Crippen molar-refractivity contribution in [2.75, 3.05) is 0 Å². The van der Waals surface area contributed by atoms with Gasteiger partial charge in [-0.25, -0.2) is 4.79 Å². The van der Waals surface area contributed by atoms with Crippen LogP contribution in [0.2, 0.25) is 0 Å². The maximum absolute atomic E-state index is 13.0. The number of rotatable bonds is 3. The van der Waals surface area contributed by atoms with Crippen LogP contribution in [-0.4, -0.2) is 39.5 Å². The molecule has 2 aliphatic carbocycles. The Balaban J connectivity index is 1.88. The van der Waals surface area contributed by atoms with Crippen molar-refractivity contribution in [2.45, 2.75) is 75.9 Å². The molecule has 4 atom stereocenters. The Morgan fingerprint density at radius 3 is 2.38 bits per heavy atom. The molecule has 0 aromatic heterocycles. The second kappa shape index (κ2) is 5.27. The highest BCUT2D eigenvalue weighted by atomic mass is 16.4. The highest BCUT2D eigenvalue weighted by Gasteiger charge is 2.52. The van der Waals surface area contributed by atoms with Gasteiger partial charge in [0.2, 0.25) is 5.91 Å². The van der Waals surface area contributed by atoms with Gasteiger partial charge in [0.05, 0.1) is 5.54 Å². The van der Waals surface area contributed by atoms with E-state index in [0.29, 0.717) is 12.3 Å². The monoisotopic (exact) mass is 294 g/mol. The topological polar surface area (TPSA) is 83.6 Å². The van der Waals surface area contributed by atoms with E-state index < -0.39 is 17.6 Å². The minimum absolute atomic E-state index is 0.0859. The number of amides is 1. The third kappa shape index (κ3) is 2.56. The minimum atomic E-state index is -0.896. The van der Waals surface area contributed by atoms with Crippen LogP contribution in [0.15, 0.2) is 0 Å². The molecular weight excluding hydrogens is 268 g/mol. The number of carbonyl (C=O) groups excluding carboxylic acids is 1. The molecule has 0 radical (unpaired) electrons. The van der Waals surface area contributed by atoms with Gasteiger partial charge in [0.25, 0.3) is 0 Å². The van der Waals surface area contributed by atoms with Crippen LogP contribution in [0.4, 0.5) is 0 Å². The van der Waals surface area contributed by atoms with Gasteiger partial charge in [-0.1, -0.05) is 12.8 Å². The molecule has 3 N–H and O–H groups in total. The second-order valence-corrected chi connectivity index (χ2v) is 7.31. The van der Waals surface area contributed by atoms with E-state index in [2.05, 4.69) is 0 Å². The summed E-state index contributed by atoms with van der Waals surface area (Å²) in [4.78, 5) is 26.3. The van der Waals surface area contributed by atoms with Gasteiger partial charge in [0.15, 0.2) is 0 Å². The predicted molar refractivity (Wildman–Crippen MR) is 78.6 cm³/mol. The third-order valence-corrected chi connectivity index (χ3v) is 5.78. The van der Waals surface area contributed by atoms with Crippen LogP contribution in [0, 0.1) is 11.8 Å². The number of hydrogen-bond acceptors (Lipinski definition) is 3. The summed E-state index contributed by atoms with van der Waals surface area (Å²) in [5, 5.41) is 9.53. The van der Waals surface area contributed by atoms with Crippen LogP contribution < -0.4 is 5.73 Å². The van der Waals surface area contributed by atoms with Gasteiger partial charge in [0.1, 0.15) is 6.04 Å². The summed E-state index contributed by atoms with van der Waals surface area (Å²) in [5.41, 5.74) is 5.40. The number of carboxylic acid groups (broad SMARTS) is 1. The summed E-state index contributed by atoms with van der Waals surface area (Å²) >= 11 is 0. The first-order valence-electron chi connectivity index (χ1n) is 8.27. The van der Waals surface area contributed by atoms with Crippen LogP contribution in [0.3, 0.4) is 0 Å². The summed E-state index contributed by atoms with van der Waals surface area (Å²) in [6, 6.07) is -0.596. The van der Waals surface area contributed by atoms with E-state index in [0.717, 1.165) is 38.5 Å². The number of piperidine rings is 1. The van der Waals surface area contributed by atoms with Gasteiger partial charge >= 0.3 is 5.97 Å². The van der Waals surface area contributed by atoms with E-state index in [-0.39, 0.29) is 17.9 Å². The summed E-state index contributed by atoms with van der Waals surface area (Å²) in [6.07, 6.45) is 7.80. The largest absolute Gasteiger partial charge is 0.480 e. The van der Waals surface area contributed by atoms with Crippen molar-refractivity contribution in [3.63, 3.8) is 0 Å². The molecule has 118 valence electrons. The average molecular weight is 294 g/mol. The van der Waals surface area contributed by atoms with Gasteiger partial charge < -0.3 is 15.7 Å². The number of hydrogen-bond donors (Lipinski definition) is 2. The van der Waals surface area contributed by atoms with Crippen LogP contribution >= 0.6 is 0 Å². The zero-order chi connectivity index (χ0) is 15.2. The maximum atomic E-state index is 13.0. The zero-order valence-corrected chi connectivity index (χ0v) is 12.8. The fourth-order valence-electron chi connectivity index (χ4n) is 4.30. The first-order valence-corrected chi connectivity index (χ1v) is 8.27. The number of likely N-dealkylation sites (tertiary alicyclic amines) is 1. The first kappa shape index (κ1) is 14.8. The van der Waals surface area contributed by atoms with E-state index in [4.69, 9.17) is 5.73 Å². The van der Waals surface area contributed by atoms with Gasteiger partial charge in [-0.2, -0.15) is 0 Å². The first-order chi connectivity index (χ1) is 9.93. The van der Waals surface area contributed by atoms with Crippen molar-refractivity contribution in [3.05, 3.63) is 0 Å². The molecular formula is C16H26N2O3. The highest BCUT2D eigenvalue weighted by Crippen LogP contribution is 2.43. The van der Waals surface area contributed by atoms with Gasteiger partial charge in [0, 0.05) is 6.04 Å². The molecule has 0 aromatic carbocycles. The molecule has 1 saturated heterocycles. The standard InChI is InChI=1S/C16H26N2O3/c1-16(17,11-7-8-11)15(21)18-12-5-3-2-4-10(12)6-9-13(18)14(19)20/h10-13H,2-9,17H2,1H3,(H,19,20). The van der Waals surface area contributed by atoms with Gasteiger partial charge in [-0.3, -0.25) is 4.79 Å². The second-order valence-electron chi connectivity index (χ2n) is 7.31. The minimum Gasteiger partial charge on any atom is -0.480 e. The molecule has 5 heteroatoms. The Bertz CT molecular complexity index is 445. The number of nitrogens with two attached hydrogens (primary N) is 1. The van der Waals surface area contributed by atoms with Crippen molar-refractivity contribution in [3.8, 4) is 0 Å².